The number of ether oxygens (including phenoxy) is 3. The predicted molar refractivity (Wildman–Crippen MR) is 202 cm³/mol. The lowest BCUT2D eigenvalue weighted by atomic mass is 10.2. The number of anilines is 3. The van der Waals surface area contributed by atoms with Crippen LogP contribution in [-0.4, -0.2) is 59.8 Å². The number of nitrogens with two attached hydrogens (primary N) is 2. The van der Waals surface area contributed by atoms with Crippen LogP contribution < -0.4 is 26.3 Å². The highest BCUT2D eigenvalue weighted by molar-refractivity contribution is 6.33. The average molecular weight is 740 g/mol. The van der Waals surface area contributed by atoms with Crippen molar-refractivity contribution in [1.29, 1.82) is 0 Å². The second-order valence-electron chi connectivity index (χ2n) is 10.1. The zero-order valence-corrected chi connectivity index (χ0v) is 29.3. The van der Waals surface area contributed by atoms with Gasteiger partial charge in [-0.2, -0.15) is 0 Å². The summed E-state index contributed by atoms with van der Waals surface area (Å²) in [5.74, 6) is 0.711. The largest absolute Gasteiger partial charge is 0.512 e. The van der Waals surface area contributed by atoms with Crippen LogP contribution in [0.5, 0.6) is 11.5 Å². The summed E-state index contributed by atoms with van der Waals surface area (Å²) in [6.45, 7) is 5.01. The van der Waals surface area contributed by atoms with Crippen molar-refractivity contribution in [2.24, 2.45) is 4.99 Å². The number of cyclic esters (lactones) is 1. The number of hydrogen-bond acceptors (Lipinski definition) is 11. The number of para-hydroxylation sites is 6. The summed E-state index contributed by atoms with van der Waals surface area (Å²) in [7, 11) is 0. The monoisotopic (exact) mass is 738 g/mol. The second-order valence-corrected chi connectivity index (χ2v) is 10.9. The van der Waals surface area contributed by atoms with Crippen molar-refractivity contribution >= 4 is 64.0 Å². The normalized spacial score (nSPS) is 11.9. The Hall–Kier alpha value is -5.53. The maximum absolute atomic E-state index is 12.5. The molecule has 0 aliphatic carbocycles. The number of aliphatic imine (C=N–C) groups is 1. The van der Waals surface area contributed by atoms with E-state index in [1.807, 2.05) is 24.3 Å². The second kappa shape index (κ2) is 23.0. The minimum absolute atomic E-state index is 0.00827. The molecular weight excluding hydrogens is 699 g/mol. The third-order valence-corrected chi connectivity index (χ3v) is 6.74. The molecule has 0 spiro atoms. The lowest BCUT2D eigenvalue weighted by Crippen LogP contribution is -2.17. The van der Waals surface area contributed by atoms with Gasteiger partial charge in [0, 0.05) is 6.21 Å². The van der Waals surface area contributed by atoms with Gasteiger partial charge >= 0.3 is 5.97 Å². The fraction of sp³-hybridized carbons (Fsp3) is 0.162. The molecule has 4 aromatic carbocycles. The van der Waals surface area contributed by atoms with Gasteiger partial charge < -0.3 is 46.3 Å². The Kier molecular flexibility index (Phi) is 18.8. The highest BCUT2D eigenvalue weighted by Crippen LogP contribution is 2.26. The molecule has 0 aromatic heterocycles. The molecule has 1 saturated heterocycles. The summed E-state index contributed by atoms with van der Waals surface area (Å²) in [4.78, 5) is 26.5. The quantitative estimate of drug-likeness (QED) is 0.0327. The molecule has 12 nitrogen and oxygen atoms in total. The smallest absolute Gasteiger partial charge is 0.318 e. The molecule has 270 valence electrons. The number of nitrogens with one attached hydrogen (secondary N) is 1. The number of nitrogen functional groups attached to an aromatic ring is 2. The highest BCUT2D eigenvalue weighted by atomic mass is 35.5. The molecule has 4 aromatic rings. The summed E-state index contributed by atoms with van der Waals surface area (Å²) in [5.41, 5.74) is 13.1. The number of carbonyl (C=O) groups is 2. The average Bonchev–Trinajstić information content (AvgIpc) is 3.10. The van der Waals surface area contributed by atoms with Gasteiger partial charge in [-0.15, -0.1) is 0 Å². The molecule has 1 fully saturated rings. The van der Waals surface area contributed by atoms with E-state index in [1.165, 1.54) is 13.1 Å². The minimum atomic E-state index is -0.555. The van der Waals surface area contributed by atoms with Crippen molar-refractivity contribution in [2.75, 3.05) is 43.2 Å². The van der Waals surface area contributed by atoms with Gasteiger partial charge in [-0.1, -0.05) is 78.3 Å². The topological polar surface area (TPSA) is 199 Å². The Bertz CT molecular complexity index is 1750. The van der Waals surface area contributed by atoms with E-state index in [-0.39, 0.29) is 43.7 Å². The van der Waals surface area contributed by atoms with Crippen molar-refractivity contribution in [1.82, 2.24) is 0 Å². The first-order valence-corrected chi connectivity index (χ1v) is 16.0. The molecule has 0 bridgehead atoms. The van der Waals surface area contributed by atoms with Crippen molar-refractivity contribution < 1.29 is 39.1 Å². The lowest BCUT2D eigenvalue weighted by Gasteiger charge is -2.12. The number of aliphatic hydroxyl groups is 3. The maximum atomic E-state index is 12.5. The summed E-state index contributed by atoms with van der Waals surface area (Å²) >= 11 is 11.6. The Morgan fingerprint density at radius 3 is 1.84 bits per heavy atom. The molecular formula is C37H40Cl2N4O8. The molecule has 1 heterocycles. The fourth-order valence-electron chi connectivity index (χ4n) is 3.60. The molecule has 1 aliphatic rings. The highest BCUT2D eigenvalue weighted by Gasteiger charge is 2.18. The summed E-state index contributed by atoms with van der Waals surface area (Å²) in [6, 6.07) is 28.1. The van der Waals surface area contributed by atoms with Gasteiger partial charge in [-0.3, -0.25) is 14.6 Å². The molecule has 0 unspecified atom stereocenters. The van der Waals surface area contributed by atoms with Crippen LogP contribution in [-0.2, 0) is 14.3 Å². The number of esters is 1. The van der Waals surface area contributed by atoms with E-state index in [9.17, 15) is 14.7 Å². The van der Waals surface area contributed by atoms with Crippen LogP contribution in [0, 0.1) is 0 Å². The van der Waals surface area contributed by atoms with Crippen LogP contribution in [0.15, 0.2) is 126 Å². The minimum Gasteiger partial charge on any atom is -0.512 e. The van der Waals surface area contributed by atoms with Gasteiger partial charge in [-0.05, 0) is 55.5 Å². The first kappa shape index (κ1) is 41.6. The van der Waals surface area contributed by atoms with Crippen molar-refractivity contribution in [3.8, 4) is 11.5 Å². The van der Waals surface area contributed by atoms with Gasteiger partial charge in [0.05, 0.1) is 51.6 Å². The number of halogens is 2. The molecule has 0 saturated carbocycles. The number of carbonyl (C=O) groups excluding carboxylic acids is 2. The first-order chi connectivity index (χ1) is 24.5. The molecule has 8 N–H and O–H groups in total. The zero-order valence-electron chi connectivity index (χ0n) is 27.8. The van der Waals surface area contributed by atoms with E-state index in [2.05, 4.69) is 21.6 Å². The number of hydrogen-bond donors (Lipinski definition) is 6. The van der Waals surface area contributed by atoms with Crippen LogP contribution in [0.25, 0.3) is 0 Å². The third kappa shape index (κ3) is 15.7. The Morgan fingerprint density at radius 2 is 1.37 bits per heavy atom. The van der Waals surface area contributed by atoms with Crippen molar-refractivity contribution in [3.05, 3.63) is 131 Å². The first-order valence-electron chi connectivity index (χ1n) is 15.3. The molecule has 51 heavy (non-hydrogen) atoms. The number of amides is 1. The van der Waals surface area contributed by atoms with Crippen LogP contribution in [0.4, 0.5) is 22.7 Å². The van der Waals surface area contributed by atoms with E-state index in [0.717, 1.165) is 0 Å². The summed E-state index contributed by atoms with van der Waals surface area (Å²) in [5, 5.41) is 30.9. The number of benzene rings is 4. The van der Waals surface area contributed by atoms with Gasteiger partial charge in [0.1, 0.15) is 42.7 Å². The number of aliphatic hydroxyl groups excluding tert-OH is 3. The predicted octanol–water partition coefficient (Wildman–Crippen LogP) is 6.89. The van der Waals surface area contributed by atoms with Crippen LogP contribution in [0.1, 0.15) is 13.3 Å². The third-order valence-electron chi connectivity index (χ3n) is 6.08. The van der Waals surface area contributed by atoms with E-state index in [0.29, 0.717) is 56.5 Å². The SMILES string of the molecule is C=C1CC(=O)O1.CC(O)=C(C=Nc1ccccc1Cl)C(=O)Nc1ccccc1OCCO.Nc1ccccc1Cl.Nc1ccccc1OCCO. The molecule has 1 aliphatic heterocycles. The van der Waals surface area contributed by atoms with Crippen molar-refractivity contribution in [3.63, 3.8) is 0 Å². The number of rotatable bonds is 10. The molecule has 5 rings (SSSR count). The van der Waals surface area contributed by atoms with Crippen LogP contribution in [0.2, 0.25) is 10.0 Å². The zero-order chi connectivity index (χ0) is 37.6. The van der Waals surface area contributed by atoms with Gasteiger partial charge in [0.2, 0.25) is 0 Å². The molecule has 0 atom stereocenters. The van der Waals surface area contributed by atoms with E-state index >= 15 is 0 Å². The summed E-state index contributed by atoms with van der Waals surface area (Å²) in [6.07, 6.45) is 1.67. The van der Waals surface area contributed by atoms with E-state index < -0.39 is 5.91 Å². The van der Waals surface area contributed by atoms with Crippen LogP contribution in [0.3, 0.4) is 0 Å². The Morgan fingerprint density at radius 1 is 0.863 bits per heavy atom. The fourth-order valence-corrected chi connectivity index (χ4v) is 3.92. The number of allylic oxidation sites excluding steroid dienone is 1. The number of nitrogens with zero attached hydrogens (tertiary/aromatic N) is 1. The lowest BCUT2D eigenvalue weighted by molar-refractivity contribution is -0.148. The molecule has 1 amide bonds. The van der Waals surface area contributed by atoms with Gasteiger partial charge in [-0.25, -0.2) is 0 Å². The van der Waals surface area contributed by atoms with Crippen molar-refractivity contribution in [2.45, 2.75) is 13.3 Å². The van der Waals surface area contributed by atoms with Crippen LogP contribution >= 0.6 is 23.2 Å². The van der Waals surface area contributed by atoms with Gasteiger partial charge in [0.25, 0.3) is 5.91 Å². The Balaban J connectivity index is 0.000000290. The van der Waals surface area contributed by atoms with E-state index in [1.54, 1.807) is 72.8 Å². The maximum Gasteiger partial charge on any atom is 0.318 e. The molecule has 14 heteroatoms. The standard InChI is InChI=1S/C19H19ClN2O4.C8H11NO2.C6H6ClN.C4H4O2/c1-13(24)14(12-21-16-7-3-2-6-15(16)20)19(25)22-17-8-4-5-9-18(17)26-11-10-23;9-7-3-1-2-4-8(7)11-6-5-10;7-5-3-1-2-4-6(5)8;1-3-2-4(5)6-3/h2-9,12,23-24H,10-11H2,1H3,(H,22,25);1-4,10H,5-6,9H2;1-4H,8H2;1-2H2. The Labute approximate surface area is 306 Å². The summed E-state index contributed by atoms with van der Waals surface area (Å²) < 4.78 is 14.8. The van der Waals surface area contributed by atoms with E-state index in [4.69, 9.17) is 54.4 Å². The van der Waals surface area contributed by atoms with Gasteiger partial charge in [0.15, 0.2) is 0 Å². The molecule has 0 radical (unpaired) electrons.